The molecule has 8 heteroatoms. The molecule has 0 saturated carbocycles. The summed E-state index contributed by atoms with van der Waals surface area (Å²) < 4.78 is 28.6. The molecule has 36 heavy (non-hydrogen) atoms. The molecule has 5 nitrogen and oxygen atoms in total. The van der Waals surface area contributed by atoms with Crippen LogP contribution < -0.4 is 9.62 Å². The van der Waals surface area contributed by atoms with Gasteiger partial charge in [-0.25, -0.2) is 8.42 Å². The number of hydrogen-bond acceptors (Lipinski definition) is 3. The minimum Gasteiger partial charge on any atom is -0.322 e. The molecule has 0 aliphatic carbocycles. The summed E-state index contributed by atoms with van der Waals surface area (Å²) >= 11 is 12.4. The molecule has 184 valence electrons. The first-order valence-corrected chi connectivity index (χ1v) is 13.4. The first kappa shape index (κ1) is 25.8. The summed E-state index contributed by atoms with van der Waals surface area (Å²) in [6.45, 7) is 3.73. The van der Waals surface area contributed by atoms with Crippen molar-refractivity contribution in [2.24, 2.45) is 0 Å². The van der Waals surface area contributed by atoms with Crippen LogP contribution in [0.2, 0.25) is 10.0 Å². The molecule has 0 aromatic heterocycles. The number of benzene rings is 4. The molecule has 4 aromatic carbocycles. The maximum absolute atomic E-state index is 13.6. The Morgan fingerprint density at radius 3 is 2.25 bits per heavy atom. The highest BCUT2D eigenvalue weighted by atomic mass is 35.5. The van der Waals surface area contributed by atoms with Crippen LogP contribution in [0.3, 0.4) is 0 Å². The Hall–Kier alpha value is -3.32. The van der Waals surface area contributed by atoms with Crippen LogP contribution in [0.5, 0.6) is 0 Å². The van der Waals surface area contributed by atoms with Crippen LogP contribution in [-0.2, 0) is 16.6 Å². The molecule has 1 N–H and O–H groups in total. The van der Waals surface area contributed by atoms with Gasteiger partial charge in [-0.3, -0.25) is 9.10 Å². The van der Waals surface area contributed by atoms with Gasteiger partial charge in [0.2, 0.25) is 0 Å². The summed E-state index contributed by atoms with van der Waals surface area (Å²) in [4.78, 5) is 13.0. The van der Waals surface area contributed by atoms with Crippen molar-refractivity contribution in [2.75, 3.05) is 9.62 Å². The maximum Gasteiger partial charge on any atom is 0.264 e. The van der Waals surface area contributed by atoms with E-state index in [-0.39, 0.29) is 17.3 Å². The van der Waals surface area contributed by atoms with E-state index in [1.165, 1.54) is 4.31 Å². The van der Waals surface area contributed by atoms with E-state index in [1.807, 2.05) is 13.8 Å². The van der Waals surface area contributed by atoms with Crippen LogP contribution in [0.4, 0.5) is 11.4 Å². The standard InChI is InChI=1S/C28H24Cl2N2O3S/c1-19-11-16-23(29)17-27(19)32(36(34,35)24-7-4-3-5-8-24)18-21-12-14-22(15-13-21)28(33)31-26-10-6-9-25(30)20(26)2/h3-17H,18H2,1-2H3,(H,31,33). The summed E-state index contributed by atoms with van der Waals surface area (Å²) in [6.07, 6.45) is 0. The summed E-state index contributed by atoms with van der Waals surface area (Å²) in [5, 5.41) is 3.87. The van der Waals surface area contributed by atoms with Crippen molar-refractivity contribution in [3.8, 4) is 0 Å². The summed E-state index contributed by atoms with van der Waals surface area (Å²) in [6, 6.07) is 25.6. The fraction of sp³-hybridized carbons (Fsp3) is 0.107. The van der Waals surface area contributed by atoms with E-state index in [0.717, 1.165) is 11.1 Å². The van der Waals surface area contributed by atoms with Crippen LogP contribution in [0.25, 0.3) is 0 Å². The number of nitrogens with zero attached hydrogens (tertiary/aromatic N) is 1. The molecule has 0 saturated heterocycles. The Kier molecular flexibility index (Phi) is 7.69. The van der Waals surface area contributed by atoms with Crippen LogP contribution >= 0.6 is 23.2 Å². The van der Waals surface area contributed by atoms with E-state index in [9.17, 15) is 13.2 Å². The number of sulfonamides is 1. The van der Waals surface area contributed by atoms with Gasteiger partial charge in [-0.05, 0) is 79.1 Å². The largest absolute Gasteiger partial charge is 0.322 e. The van der Waals surface area contributed by atoms with Gasteiger partial charge in [-0.1, -0.05) is 65.7 Å². The average Bonchev–Trinajstić information content (AvgIpc) is 2.87. The van der Waals surface area contributed by atoms with Crippen molar-refractivity contribution in [3.05, 3.63) is 123 Å². The van der Waals surface area contributed by atoms with E-state index >= 15 is 0 Å². The first-order valence-electron chi connectivity index (χ1n) is 11.2. The van der Waals surface area contributed by atoms with Gasteiger partial charge in [-0.2, -0.15) is 0 Å². The molecular weight excluding hydrogens is 515 g/mol. The summed E-state index contributed by atoms with van der Waals surface area (Å²) in [5.74, 6) is -0.286. The van der Waals surface area contributed by atoms with E-state index in [4.69, 9.17) is 23.2 Å². The third kappa shape index (κ3) is 5.57. The molecule has 0 bridgehead atoms. The molecule has 0 aliphatic rings. The zero-order chi connectivity index (χ0) is 25.9. The van der Waals surface area contributed by atoms with Crippen LogP contribution in [0.1, 0.15) is 27.0 Å². The topological polar surface area (TPSA) is 66.5 Å². The van der Waals surface area contributed by atoms with E-state index in [1.54, 1.807) is 91.0 Å². The maximum atomic E-state index is 13.6. The van der Waals surface area contributed by atoms with Gasteiger partial charge >= 0.3 is 0 Å². The molecule has 4 rings (SSSR count). The Labute approximate surface area is 221 Å². The second-order valence-electron chi connectivity index (χ2n) is 8.32. The molecule has 0 aliphatic heterocycles. The number of carbonyl (C=O) groups is 1. The molecule has 0 heterocycles. The molecule has 0 fully saturated rings. The van der Waals surface area contributed by atoms with Gasteiger partial charge in [0.05, 0.1) is 17.1 Å². The third-order valence-electron chi connectivity index (χ3n) is 5.83. The van der Waals surface area contributed by atoms with Gasteiger partial charge in [0.25, 0.3) is 15.9 Å². The molecular formula is C28H24Cl2N2O3S. The lowest BCUT2D eigenvalue weighted by molar-refractivity contribution is 0.102. The first-order chi connectivity index (χ1) is 17.2. The van der Waals surface area contributed by atoms with Crippen molar-refractivity contribution in [2.45, 2.75) is 25.3 Å². The Balaban J connectivity index is 1.64. The normalized spacial score (nSPS) is 11.2. The van der Waals surface area contributed by atoms with Crippen molar-refractivity contribution in [3.63, 3.8) is 0 Å². The van der Waals surface area contributed by atoms with E-state index < -0.39 is 10.0 Å². The SMILES string of the molecule is Cc1ccc(Cl)cc1N(Cc1ccc(C(=O)Nc2cccc(Cl)c2C)cc1)S(=O)(=O)c1ccccc1. The highest BCUT2D eigenvalue weighted by Gasteiger charge is 2.26. The fourth-order valence-electron chi connectivity index (χ4n) is 3.74. The van der Waals surface area contributed by atoms with Gasteiger partial charge in [0, 0.05) is 21.3 Å². The van der Waals surface area contributed by atoms with Crippen LogP contribution in [0.15, 0.2) is 95.9 Å². The number of anilines is 2. The molecule has 4 aromatic rings. The predicted molar refractivity (Wildman–Crippen MR) is 147 cm³/mol. The number of halogens is 2. The summed E-state index contributed by atoms with van der Waals surface area (Å²) in [7, 11) is -3.88. The van der Waals surface area contributed by atoms with Gasteiger partial charge in [-0.15, -0.1) is 0 Å². The van der Waals surface area contributed by atoms with Gasteiger partial charge < -0.3 is 5.32 Å². The quantitative estimate of drug-likeness (QED) is 0.269. The van der Waals surface area contributed by atoms with Gasteiger partial charge in [0.15, 0.2) is 0 Å². The molecule has 1 amide bonds. The number of aryl methyl sites for hydroxylation is 1. The molecule has 0 spiro atoms. The number of amides is 1. The second-order valence-corrected chi connectivity index (χ2v) is 11.0. The Morgan fingerprint density at radius 2 is 1.56 bits per heavy atom. The number of carbonyl (C=O) groups excluding carboxylic acids is 1. The number of hydrogen-bond donors (Lipinski definition) is 1. The highest BCUT2D eigenvalue weighted by molar-refractivity contribution is 7.92. The fourth-order valence-corrected chi connectivity index (χ4v) is 5.61. The predicted octanol–water partition coefficient (Wildman–Crippen LogP) is 7.26. The van der Waals surface area contributed by atoms with Crippen molar-refractivity contribution < 1.29 is 13.2 Å². The lowest BCUT2D eigenvalue weighted by Crippen LogP contribution is -2.31. The number of nitrogens with one attached hydrogen (secondary N) is 1. The molecule has 0 radical (unpaired) electrons. The lowest BCUT2D eigenvalue weighted by atomic mass is 10.1. The molecule has 0 atom stereocenters. The average molecular weight is 539 g/mol. The summed E-state index contributed by atoms with van der Waals surface area (Å²) in [5.41, 5.74) is 3.83. The Morgan fingerprint density at radius 1 is 0.861 bits per heavy atom. The number of rotatable bonds is 7. The minimum atomic E-state index is -3.88. The third-order valence-corrected chi connectivity index (χ3v) is 8.25. The monoisotopic (exact) mass is 538 g/mol. The van der Waals surface area contributed by atoms with E-state index in [2.05, 4.69) is 5.32 Å². The zero-order valence-corrected chi connectivity index (χ0v) is 22.0. The van der Waals surface area contributed by atoms with E-state index in [0.29, 0.717) is 32.5 Å². The lowest BCUT2D eigenvalue weighted by Gasteiger charge is -2.26. The van der Waals surface area contributed by atoms with Gasteiger partial charge in [0.1, 0.15) is 0 Å². The smallest absolute Gasteiger partial charge is 0.264 e. The second kappa shape index (κ2) is 10.7. The highest BCUT2D eigenvalue weighted by Crippen LogP contribution is 2.31. The van der Waals surface area contributed by atoms with Crippen molar-refractivity contribution in [1.29, 1.82) is 0 Å². The van der Waals surface area contributed by atoms with Crippen molar-refractivity contribution >= 4 is 50.5 Å². The minimum absolute atomic E-state index is 0.0632. The zero-order valence-electron chi connectivity index (χ0n) is 19.7. The van der Waals surface area contributed by atoms with Crippen LogP contribution in [-0.4, -0.2) is 14.3 Å². The molecule has 0 unspecified atom stereocenters. The van der Waals surface area contributed by atoms with Crippen LogP contribution in [0, 0.1) is 13.8 Å². The Bertz CT molecular complexity index is 1510. The van der Waals surface area contributed by atoms with Crippen molar-refractivity contribution in [1.82, 2.24) is 0 Å².